The van der Waals surface area contributed by atoms with Gasteiger partial charge in [-0.3, -0.25) is 9.79 Å². The van der Waals surface area contributed by atoms with Crippen molar-refractivity contribution >= 4 is 17.9 Å². The van der Waals surface area contributed by atoms with Crippen molar-refractivity contribution in [3.05, 3.63) is 54.1 Å². The average molecular weight is 494 g/mol. The van der Waals surface area contributed by atoms with Crippen LogP contribution in [0.2, 0.25) is 0 Å². The van der Waals surface area contributed by atoms with E-state index in [2.05, 4.69) is 11.9 Å². The second-order valence-electron chi connectivity index (χ2n) is 9.70. The molecular formula is C32H47NO3. The number of esters is 1. The summed E-state index contributed by atoms with van der Waals surface area (Å²) in [6.07, 6.45) is 22.1. The molecule has 0 bridgehead atoms. The fraction of sp³-hybridized carbons (Fsp3) is 0.562. The van der Waals surface area contributed by atoms with Crippen LogP contribution in [0.5, 0.6) is 11.5 Å². The van der Waals surface area contributed by atoms with Gasteiger partial charge in [-0.1, -0.05) is 96.8 Å². The van der Waals surface area contributed by atoms with Gasteiger partial charge in [0, 0.05) is 12.6 Å². The first-order chi connectivity index (χ1) is 17.7. The van der Waals surface area contributed by atoms with E-state index in [4.69, 9.17) is 9.47 Å². The van der Waals surface area contributed by atoms with Gasteiger partial charge in [-0.25, -0.2) is 0 Å². The van der Waals surface area contributed by atoms with Crippen molar-refractivity contribution in [2.75, 3.05) is 7.11 Å². The molecule has 0 aliphatic heterocycles. The number of hydrogen-bond acceptors (Lipinski definition) is 4. The highest BCUT2D eigenvalue weighted by atomic mass is 16.5. The largest absolute Gasteiger partial charge is 0.497 e. The van der Waals surface area contributed by atoms with E-state index in [0.717, 1.165) is 29.8 Å². The van der Waals surface area contributed by atoms with Gasteiger partial charge < -0.3 is 9.47 Å². The first-order valence-electron chi connectivity index (χ1n) is 14.2. The fourth-order valence-corrected chi connectivity index (χ4v) is 4.26. The van der Waals surface area contributed by atoms with Crippen molar-refractivity contribution in [1.29, 1.82) is 0 Å². The Morgan fingerprint density at radius 1 is 0.667 bits per heavy atom. The molecule has 0 unspecified atom stereocenters. The number of carbonyl (C=O) groups is 1. The summed E-state index contributed by atoms with van der Waals surface area (Å²) in [5.74, 6) is 1.24. The molecule has 0 saturated heterocycles. The van der Waals surface area contributed by atoms with Gasteiger partial charge in [-0.2, -0.15) is 0 Å². The second-order valence-corrected chi connectivity index (χ2v) is 9.70. The molecule has 2 aromatic rings. The number of nitrogens with zero attached hydrogens (tertiary/aromatic N) is 1. The summed E-state index contributed by atoms with van der Waals surface area (Å²) >= 11 is 0. The molecule has 0 spiro atoms. The molecule has 36 heavy (non-hydrogen) atoms. The van der Waals surface area contributed by atoms with Gasteiger partial charge >= 0.3 is 5.97 Å². The van der Waals surface area contributed by atoms with Gasteiger partial charge in [0.15, 0.2) is 0 Å². The van der Waals surface area contributed by atoms with Crippen LogP contribution in [-0.4, -0.2) is 19.3 Å². The lowest BCUT2D eigenvalue weighted by molar-refractivity contribution is -0.134. The van der Waals surface area contributed by atoms with Gasteiger partial charge in [0.2, 0.25) is 0 Å². The van der Waals surface area contributed by atoms with Crippen molar-refractivity contribution in [3.63, 3.8) is 0 Å². The van der Waals surface area contributed by atoms with Crippen LogP contribution in [0, 0.1) is 0 Å². The second kappa shape index (κ2) is 19.6. The SMILES string of the molecule is CCCCCCCCCCCCCCCCCC(=O)Oc1ccc(N=Cc2ccc(OC)cc2)cc1. The molecule has 0 aliphatic carbocycles. The first-order valence-corrected chi connectivity index (χ1v) is 14.2. The molecule has 0 saturated carbocycles. The van der Waals surface area contributed by atoms with Crippen molar-refractivity contribution in [1.82, 2.24) is 0 Å². The van der Waals surface area contributed by atoms with E-state index in [9.17, 15) is 4.79 Å². The van der Waals surface area contributed by atoms with Crippen LogP contribution in [0.1, 0.15) is 115 Å². The Balaban J connectivity index is 1.46. The number of hydrogen-bond donors (Lipinski definition) is 0. The summed E-state index contributed by atoms with van der Waals surface area (Å²) in [5.41, 5.74) is 1.81. The molecule has 2 rings (SSSR count). The summed E-state index contributed by atoms with van der Waals surface area (Å²) in [4.78, 5) is 16.6. The number of methoxy groups -OCH3 is 1. The first kappa shape index (κ1) is 29.6. The van der Waals surface area contributed by atoms with Crippen molar-refractivity contribution in [3.8, 4) is 11.5 Å². The molecule has 4 heteroatoms. The Morgan fingerprint density at radius 2 is 1.14 bits per heavy atom. The van der Waals surface area contributed by atoms with Crippen molar-refractivity contribution in [2.45, 2.75) is 110 Å². The minimum absolute atomic E-state index is 0.154. The monoisotopic (exact) mass is 493 g/mol. The molecule has 0 atom stereocenters. The highest BCUT2D eigenvalue weighted by Crippen LogP contribution is 2.20. The molecule has 0 aromatic heterocycles. The van der Waals surface area contributed by atoms with E-state index in [1.54, 1.807) is 25.5 Å². The summed E-state index contributed by atoms with van der Waals surface area (Å²) in [7, 11) is 1.65. The Morgan fingerprint density at radius 3 is 1.64 bits per heavy atom. The maximum Gasteiger partial charge on any atom is 0.311 e. The molecule has 0 amide bonds. The van der Waals surface area contributed by atoms with Gasteiger partial charge in [-0.15, -0.1) is 0 Å². The lowest BCUT2D eigenvalue weighted by Gasteiger charge is -2.05. The normalized spacial score (nSPS) is 11.2. The van der Waals surface area contributed by atoms with Crippen LogP contribution >= 0.6 is 0 Å². The average Bonchev–Trinajstić information content (AvgIpc) is 2.90. The zero-order valence-electron chi connectivity index (χ0n) is 22.7. The molecule has 4 nitrogen and oxygen atoms in total. The van der Waals surface area contributed by atoms with Crippen molar-refractivity contribution < 1.29 is 14.3 Å². The Hall–Kier alpha value is -2.62. The molecule has 0 heterocycles. The van der Waals surface area contributed by atoms with E-state index >= 15 is 0 Å². The van der Waals surface area contributed by atoms with Gasteiger partial charge in [-0.05, 0) is 60.5 Å². The number of ether oxygens (including phenoxy) is 2. The number of benzene rings is 2. The van der Waals surface area contributed by atoms with E-state index in [1.165, 1.54) is 83.5 Å². The minimum Gasteiger partial charge on any atom is -0.497 e. The maximum absolute atomic E-state index is 12.1. The zero-order valence-corrected chi connectivity index (χ0v) is 22.7. The molecule has 0 radical (unpaired) electrons. The molecular weight excluding hydrogens is 446 g/mol. The number of aliphatic imine (C=N–C) groups is 1. The van der Waals surface area contributed by atoms with Crippen LogP contribution in [0.25, 0.3) is 0 Å². The fourth-order valence-electron chi connectivity index (χ4n) is 4.26. The lowest BCUT2D eigenvalue weighted by atomic mass is 10.0. The lowest BCUT2D eigenvalue weighted by Crippen LogP contribution is -2.07. The molecule has 0 fully saturated rings. The van der Waals surface area contributed by atoms with Crippen LogP contribution in [-0.2, 0) is 4.79 Å². The van der Waals surface area contributed by atoms with E-state index in [1.807, 2.05) is 36.4 Å². The standard InChI is InChI=1S/C32H47NO3/c1-3-4-5-6-7-8-9-10-11-12-13-14-15-16-17-18-32(34)36-31-25-21-29(22-26-31)33-27-28-19-23-30(35-2)24-20-28/h19-27H,3-18H2,1-2H3. The molecule has 0 aliphatic rings. The summed E-state index contributed by atoms with van der Waals surface area (Å²) in [6, 6.07) is 15.0. The molecule has 2 aromatic carbocycles. The highest BCUT2D eigenvalue weighted by Gasteiger charge is 2.05. The van der Waals surface area contributed by atoms with Gasteiger partial charge in [0.05, 0.1) is 12.8 Å². The van der Waals surface area contributed by atoms with Crippen molar-refractivity contribution in [2.24, 2.45) is 4.99 Å². The Kier molecular flexibility index (Phi) is 16.1. The Bertz CT molecular complexity index is 843. The number of unbranched alkanes of at least 4 members (excludes halogenated alkanes) is 14. The quantitative estimate of drug-likeness (QED) is 0.0798. The van der Waals surface area contributed by atoms with Crippen LogP contribution < -0.4 is 9.47 Å². The third-order valence-corrected chi connectivity index (χ3v) is 6.53. The van der Waals surface area contributed by atoms with Crippen LogP contribution in [0.3, 0.4) is 0 Å². The van der Waals surface area contributed by atoms with E-state index < -0.39 is 0 Å². The van der Waals surface area contributed by atoms with E-state index in [0.29, 0.717) is 12.2 Å². The summed E-state index contributed by atoms with van der Waals surface area (Å²) < 4.78 is 10.6. The summed E-state index contributed by atoms with van der Waals surface area (Å²) in [6.45, 7) is 2.28. The Labute approximate surface area is 219 Å². The highest BCUT2D eigenvalue weighted by molar-refractivity contribution is 5.82. The van der Waals surface area contributed by atoms with Crippen LogP contribution in [0.4, 0.5) is 5.69 Å². The number of carbonyl (C=O) groups excluding carboxylic acids is 1. The smallest absolute Gasteiger partial charge is 0.311 e. The maximum atomic E-state index is 12.1. The molecule has 0 N–H and O–H groups in total. The number of rotatable bonds is 20. The molecule has 198 valence electrons. The zero-order chi connectivity index (χ0) is 25.7. The van der Waals surface area contributed by atoms with Gasteiger partial charge in [0.25, 0.3) is 0 Å². The third kappa shape index (κ3) is 14.1. The van der Waals surface area contributed by atoms with E-state index in [-0.39, 0.29) is 5.97 Å². The predicted octanol–water partition coefficient (Wildman–Crippen LogP) is 9.61. The third-order valence-electron chi connectivity index (χ3n) is 6.53. The minimum atomic E-state index is -0.154. The summed E-state index contributed by atoms with van der Waals surface area (Å²) in [5, 5.41) is 0. The predicted molar refractivity (Wildman–Crippen MR) is 152 cm³/mol. The van der Waals surface area contributed by atoms with Crippen LogP contribution in [0.15, 0.2) is 53.5 Å². The van der Waals surface area contributed by atoms with Gasteiger partial charge in [0.1, 0.15) is 11.5 Å². The topological polar surface area (TPSA) is 47.9 Å².